The van der Waals surface area contributed by atoms with E-state index in [0.29, 0.717) is 5.75 Å². The first-order chi connectivity index (χ1) is 14.0. The minimum absolute atomic E-state index is 0.0552. The monoisotopic (exact) mass is 428 g/mol. The van der Waals surface area contributed by atoms with Crippen LogP contribution in [0.15, 0.2) is 33.9 Å². The Morgan fingerprint density at radius 1 is 1.00 bits per heavy atom. The number of imidazole rings is 1. The highest BCUT2D eigenvalue weighted by Crippen LogP contribution is 2.25. The van der Waals surface area contributed by atoms with Crippen LogP contribution in [0, 0.1) is 0 Å². The first-order valence-corrected chi connectivity index (χ1v) is 8.75. The molecule has 0 aliphatic heterocycles. The maximum Gasteiger partial charge on any atom is 0.573 e. The van der Waals surface area contributed by atoms with Crippen LogP contribution in [0.3, 0.4) is 0 Å². The van der Waals surface area contributed by atoms with E-state index < -0.39 is 23.7 Å². The summed E-state index contributed by atoms with van der Waals surface area (Å²) in [6.07, 6.45) is -5.28. The third kappa shape index (κ3) is 4.26. The lowest BCUT2D eigenvalue weighted by molar-refractivity contribution is -0.274. The van der Waals surface area contributed by atoms with Gasteiger partial charge < -0.3 is 14.2 Å². The van der Waals surface area contributed by atoms with Gasteiger partial charge in [0.15, 0.2) is 11.2 Å². The van der Waals surface area contributed by atoms with Gasteiger partial charge in [0, 0.05) is 21.1 Å². The molecule has 0 aliphatic rings. The highest BCUT2D eigenvalue weighted by molar-refractivity contribution is 5.71. The molecule has 1 unspecified atom stereocenters. The van der Waals surface area contributed by atoms with Crippen LogP contribution in [-0.4, -0.2) is 37.8 Å². The molecule has 0 spiro atoms. The summed E-state index contributed by atoms with van der Waals surface area (Å²) in [5, 5.41) is 0. The van der Waals surface area contributed by atoms with Gasteiger partial charge >= 0.3 is 12.1 Å². The Kier molecular flexibility index (Phi) is 5.51. The van der Waals surface area contributed by atoms with Crippen LogP contribution in [0.4, 0.5) is 13.2 Å². The zero-order valence-electron chi connectivity index (χ0n) is 16.6. The molecule has 0 saturated heterocycles. The van der Waals surface area contributed by atoms with E-state index in [-0.39, 0.29) is 29.5 Å². The third-order valence-electron chi connectivity index (χ3n) is 4.28. The van der Waals surface area contributed by atoms with Crippen LogP contribution in [0.1, 0.15) is 6.92 Å². The number of aromatic nitrogens is 4. The summed E-state index contributed by atoms with van der Waals surface area (Å²) in [7, 11) is 4.46. The number of hydrogen-bond acceptors (Lipinski definition) is 6. The van der Waals surface area contributed by atoms with Gasteiger partial charge in [-0.2, -0.15) is 4.98 Å². The molecule has 2 aromatic heterocycles. The second-order valence-electron chi connectivity index (χ2n) is 6.59. The Hall–Kier alpha value is -3.44. The van der Waals surface area contributed by atoms with Crippen molar-refractivity contribution in [2.45, 2.75) is 19.4 Å². The number of aryl methyl sites for hydroxylation is 2. The number of fused-ring (bicyclic) bond motifs is 1. The van der Waals surface area contributed by atoms with Gasteiger partial charge in [-0.1, -0.05) is 0 Å². The van der Waals surface area contributed by atoms with E-state index in [1.54, 1.807) is 14.0 Å². The predicted molar refractivity (Wildman–Crippen MR) is 99.9 cm³/mol. The number of ether oxygens (including phenoxy) is 3. The number of halogens is 3. The average molecular weight is 428 g/mol. The Morgan fingerprint density at radius 3 is 2.20 bits per heavy atom. The lowest BCUT2D eigenvalue weighted by atomic mass is 10.3. The molecule has 3 rings (SSSR count). The van der Waals surface area contributed by atoms with Gasteiger partial charge in [0.25, 0.3) is 11.6 Å². The minimum Gasteiger partial charge on any atom is -0.490 e. The molecule has 162 valence electrons. The summed E-state index contributed by atoms with van der Waals surface area (Å²) in [6.45, 7) is 1.75. The highest BCUT2D eigenvalue weighted by atomic mass is 19.4. The van der Waals surface area contributed by atoms with Crippen molar-refractivity contribution in [3.05, 3.63) is 45.1 Å². The maximum absolute atomic E-state index is 12.4. The zero-order valence-corrected chi connectivity index (χ0v) is 16.6. The lowest BCUT2D eigenvalue weighted by Crippen LogP contribution is -2.37. The van der Waals surface area contributed by atoms with Gasteiger partial charge in [0.05, 0.1) is 0 Å². The van der Waals surface area contributed by atoms with E-state index >= 15 is 0 Å². The van der Waals surface area contributed by atoms with Gasteiger partial charge in [-0.05, 0) is 31.2 Å². The molecule has 12 heteroatoms. The molecule has 0 saturated carbocycles. The van der Waals surface area contributed by atoms with Crippen molar-refractivity contribution in [2.24, 2.45) is 21.1 Å². The number of nitrogens with zero attached hydrogens (tertiary/aromatic N) is 4. The summed E-state index contributed by atoms with van der Waals surface area (Å²) < 4.78 is 55.3. The summed E-state index contributed by atoms with van der Waals surface area (Å²) >= 11 is 0. The van der Waals surface area contributed by atoms with E-state index in [9.17, 15) is 22.8 Å². The van der Waals surface area contributed by atoms with Crippen LogP contribution in [0.25, 0.3) is 11.2 Å². The smallest absolute Gasteiger partial charge is 0.490 e. The van der Waals surface area contributed by atoms with Gasteiger partial charge in [-0.25, -0.2) is 4.79 Å². The average Bonchev–Trinajstić information content (AvgIpc) is 2.99. The SMILES string of the molecule is CC(COc1ccc(OC(F)(F)F)cc1)Oc1nc2c(c(=O)n(C)c(=O)n2C)n1C. The van der Waals surface area contributed by atoms with E-state index in [1.807, 2.05) is 0 Å². The Morgan fingerprint density at radius 2 is 1.60 bits per heavy atom. The second-order valence-corrected chi connectivity index (χ2v) is 6.59. The fraction of sp³-hybridized carbons (Fsp3) is 0.389. The molecule has 30 heavy (non-hydrogen) atoms. The minimum atomic E-state index is -4.76. The van der Waals surface area contributed by atoms with E-state index in [2.05, 4.69) is 9.72 Å². The van der Waals surface area contributed by atoms with Crippen molar-refractivity contribution in [1.29, 1.82) is 0 Å². The van der Waals surface area contributed by atoms with Crippen LogP contribution < -0.4 is 25.5 Å². The van der Waals surface area contributed by atoms with Crippen LogP contribution >= 0.6 is 0 Å². The molecule has 0 aliphatic carbocycles. The van der Waals surface area contributed by atoms with Gasteiger partial charge in [0.1, 0.15) is 24.2 Å². The Labute approximate surface area is 167 Å². The molecule has 0 amide bonds. The van der Waals surface area contributed by atoms with E-state index in [1.165, 1.54) is 35.4 Å². The number of benzene rings is 1. The first-order valence-electron chi connectivity index (χ1n) is 8.75. The summed E-state index contributed by atoms with van der Waals surface area (Å²) in [4.78, 5) is 28.7. The molecule has 1 aromatic carbocycles. The third-order valence-corrected chi connectivity index (χ3v) is 4.28. The summed E-state index contributed by atoms with van der Waals surface area (Å²) in [6, 6.07) is 5.06. The lowest BCUT2D eigenvalue weighted by Gasteiger charge is -2.15. The molecule has 0 N–H and O–H groups in total. The van der Waals surface area contributed by atoms with Crippen molar-refractivity contribution in [1.82, 2.24) is 18.7 Å². The molecule has 0 radical (unpaired) electrons. The fourth-order valence-electron chi connectivity index (χ4n) is 2.77. The molecule has 2 heterocycles. The normalized spacial score (nSPS) is 12.8. The van der Waals surface area contributed by atoms with E-state index in [0.717, 1.165) is 16.7 Å². The Bertz CT molecular complexity index is 1180. The topological polar surface area (TPSA) is 89.5 Å². The molecular weight excluding hydrogens is 409 g/mol. The van der Waals surface area contributed by atoms with Crippen molar-refractivity contribution < 1.29 is 27.4 Å². The maximum atomic E-state index is 12.4. The molecule has 0 bridgehead atoms. The molecule has 1 atom stereocenters. The highest BCUT2D eigenvalue weighted by Gasteiger charge is 2.31. The first kappa shape index (κ1) is 21.3. The van der Waals surface area contributed by atoms with Crippen molar-refractivity contribution in [2.75, 3.05) is 6.61 Å². The fourth-order valence-corrected chi connectivity index (χ4v) is 2.77. The van der Waals surface area contributed by atoms with E-state index in [4.69, 9.17) is 9.47 Å². The molecule has 0 fully saturated rings. The van der Waals surface area contributed by atoms with Crippen molar-refractivity contribution in [3.8, 4) is 17.5 Å². The largest absolute Gasteiger partial charge is 0.573 e. The number of hydrogen-bond donors (Lipinski definition) is 0. The number of rotatable bonds is 6. The van der Waals surface area contributed by atoms with Crippen LogP contribution in [0.5, 0.6) is 17.5 Å². The van der Waals surface area contributed by atoms with Crippen molar-refractivity contribution in [3.63, 3.8) is 0 Å². The van der Waals surface area contributed by atoms with Crippen LogP contribution in [-0.2, 0) is 21.1 Å². The van der Waals surface area contributed by atoms with Gasteiger partial charge in [0.2, 0.25) is 0 Å². The predicted octanol–water partition coefficient (Wildman–Crippen LogP) is 1.72. The summed E-state index contributed by atoms with van der Waals surface area (Å²) in [5.74, 6) is -0.0349. The van der Waals surface area contributed by atoms with Crippen molar-refractivity contribution >= 4 is 11.2 Å². The molecule has 9 nitrogen and oxygen atoms in total. The standard InChI is InChI=1S/C18H19F3N4O5/c1-10(9-28-11-5-7-12(8-6-11)30-18(19,20)21)29-16-22-14-13(23(16)2)15(26)25(4)17(27)24(14)3/h5-8,10H,9H2,1-4H3. The van der Waals surface area contributed by atoms with Gasteiger partial charge in [-0.15, -0.1) is 13.2 Å². The second kappa shape index (κ2) is 7.76. The zero-order chi connectivity index (χ0) is 22.2. The number of alkyl halides is 3. The quantitative estimate of drug-likeness (QED) is 0.594. The van der Waals surface area contributed by atoms with Gasteiger partial charge in [-0.3, -0.25) is 18.5 Å². The summed E-state index contributed by atoms with van der Waals surface area (Å²) in [5.41, 5.74) is -0.605. The molecule has 3 aromatic rings. The Balaban J connectivity index is 1.70. The van der Waals surface area contributed by atoms with Crippen LogP contribution in [0.2, 0.25) is 0 Å². The molecular formula is C18H19F3N4O5.